The zero-order valence-electron chi connectivity index (χ0n) is 8.97. The molecule has 0 radical (unpaired) electrons. The van der Waals surface area contributed by atoms with Gasteiger partial charge in [0.25, 0.3) is 5.56 Å². The molecule has 0 saturated carbocycles. The van der Waals surface area contributed by atoms with E-state index in [0.717, 1.165) is 19.2 Å². The van der Waals surface area contributed by atoms with Gasteiger partial charge in [0.15, 0.2) is 0 Å². The van der Waals surface area contributed by atoms with Crippen molar-refractivity contribution in [1.82, 2.24) is 10.3 Å². The third-order valence-corrected chi connectivity index (χ3v) is 2.65. The van der Waals surface area contributed by atoms with Gasteiger partial charge in [0, 0.05) is 26.2 Å². The van der Waals surface area contributed by atoms with Crippen molar-refractivity contribution in [3.8, 4) is 0 Å². The molecule has 0 aromatic carbocycles. The molecule has 0 unspecified atom stereocenters. The topological polar surface area (TPSA) is 48.1 Å². The molecule has 1 aromatic heterocycles. The molecule has 17 heavy (non-hydrogen) atoms. The summed E-state index contributed by atoms with van der Waals surface area (Å²) in [5, 5.41) is 3.11. The van der Waals surface area contributed by atoms with Crippen molar-refractivity contribution in [3.63, 3.8) is 0 Å². The summed E-state index contributed by atoms with van der Waals surface area (Å²) in [4.78, 5) is 15.2. The van der Waals surface area contributed by atoms with Crippen LogP contribution in [0.3, 0.4) is 0 Å². The Morgan fingerprint density at radius 3 is 2.35 bits per heavy atom. The summed E-state index contributed by atoms with van der Waals surface area (Å²) in [6, 6.07) is 2.13. The first-order chi connectivity index (χ1) is 7.98. The number of hydrogen-bond acceptors (Lipinski definition) is 3. The maximum atomic E-state index is 12.3. The summed E-state index contributed by atoms with van der Waals surface area (Å²) >= 11 is 0. The minimum atomic E-state index is -4.51. The van der Waals surface area contributed by atoms with Gasteiger partial charge in [-0.15, -0.1) is 0 Å². The fourth-order valence-electron chi connectivity index (χ4n) is 1.79. The Morgan fingerprint density at radius 2 is 1.82 bits per heavy atom. The lowest BCUT2D eigenvalue weighted by Crippen LogP contribution is -2.45. The number of H-pyrrole nitrogens is 1. The first-order valence-corrected chi connectivity index (χ1v) is 5.24. The molecule has 2 heterocycles. The molecule has 1 fully saturated rings. The van der Waals surface area contributed by atoms with Crippen molar-refractivity contribution in [2.24, 2.45) is 0 Å². The molecule has 0 amide bonds. The highest BCUT2D eigenvalue weighted by atomic mass is 19.4. The van der Waals surface area contributed by atoms with E-state index in [0.29, 0.717) is 18.8 Å². The normalized spacial score (nSPS) is 17.2. The Labute approximate surface area is 95.4 Å². The zero-order chi connectivity index (χ0) is 12.5. The Hall–Kier alpha value is -1.50. The quantitative estimate of drug-likeness (QED) is 0.771. The van der Waals surface area contributed by atoms with Crippen LogP contribution < -0.4 is 15.8 Å². The van der Waals surface area contributed by atoms with Gasteiger partial charge in [-0.25, -0.2) is 0 Å². The average molecular weight is 247 g/mol. The van der Waals surface area contributed by atoms with Crippen LogP contribution >= 0.6 is 0 Å². The summed E-state index contributed by atoms with van der Waals surface area (Å²) in [6.07, 6.45) is -4.51. The Balaban J connectivity index is 2.28. The SMILES string of the molecule is O=c1[nH]c(C(F)(F)F)ccc1N1CCNCC1. The molecule has 94 valence electrons. The van der Waals surface area contributed by atoms with Crippen molar-refractivity contribution in [2.75, 3.05) is 31.1 Å². The largest absolute Gasteiger partial charge is 0.431 e. The van der Waals surface area contributed by atoms with Crippen molar-refractivity contribution in [2.45, 2.75) is 6.18 Å². The number of alkyl halides is 3. The minimum Gasteiger partial charge on any atom is -0.365 e. The fraction of sp³-hybridized carbons (Fsp3) is 0.500. The molecule has 0 spiro atoms. The van der Waals surface area contributed by atoms with E-state index in [2.05, 4.69) is 5.32 Å². The van der Waals surface area contributed by atoms with Crippen molar-refractivity contribution >= 4 is 5.69 Å². The van der Waals surface area contributed by atoms with Crippen LogP contribution in [0.5, 0.6) is 0 Å². The van der Waals surface area contributed by atoms with Gasteiger partial charge >= 0.3 is 6.18 Å². The molecule has 1 saturated heterocycles. The number of rotatable bonds is 1. The third-order valence-electron chi connectivity index (χ3n) is 2.65. The van der Waals surface area contributed by atoms with Crippen molar-refractivity contribution in [1.29, 1.82) is 0 Å². The molecule has 7 heteroatoms. The highest BCUT2D eigenvalue weighted by molar-refractivity contribution is 5.45. The molecule has 0 atom stereocenters. The molecule has 1 aliphatic rings. The highest BCUT2D eigenvalue weighted by Crippen LogP contribution is 2.27. The van der Waals surface area contributed by atoms with Crippen LogP contribution in [-0.2, 0) is 6.18 Å². The van der Waals surface area contributed by atoms with Crippen LogP contribution in [0.2, 0.25) is 0 Å². The zero-order valence-corrected chi connectivity index (χ0v) is 8.97. The van der Waals surface area contributed by atoms with E-state index in [4.69, 9.17) is 0 Å². The molecule has 2 rings (SSSR count). The van der Waals surface area contributed by atoms with Crippen LogP contribution in [0.15, 0.2) is 16.9 Å². The van der Waals surface area contributed by atoms with Gasteiger partial charge in [0.05, 0.1) is 0 Å². The smallest absolute Gasteiger partial charge is 0.365 e. The lowest BCUT2D eigenvalue weighted by atomic mass is 10.2. The lowest BCUT2D eigenvalue weighted by Gasteiger charge is -2.28. The number of piperazine rings is 1. The summed E-state index contributed by atoms with van der Waals surface area (Å²) in [5.41, 5.74) is -1.41. The van der Waals surface area contributed by atoms with Gasteiger partial charge in [-0.2, -0.15) is 13.2 Å². The molecule has 2 N–H and O–H groups in total. The monoisotopic (exact) mass is 247 g/mol. The predicted molar refractivity (Wildman–Crippen MR) is 57.1 cm³/mol. The van der Waals surface area contributed by atoms with E-state index in [1.165, 1.54) is 6.07 Å². The lowest BCUT2D eigenvalue weighted by molar-refractivity contribution is -0.141. The first kappa shape index (κ1) is 12.0. The second kappa shape index (κ2) is 4.40. The molecular formula is C10H12F3N3O. The second-order valence-corrected chi connectivity index (χ2v) is 3.82. The molecule has 4 nitrogen and oxygen atoms in total. The van der Waals surface area contributed by atoms with E-state index in [9.17, 15) is 18.0 Å². The van der Waals surface area contributed by atoms with Gasteiger partial charge in [-0.1, -0.05) is 0 Å². The van der Waals surface area contributed by atoms with Crippen molar-refractivity contribution < 1.29 is 13.2 Å². The molecule has 1 aromatic rings. The maximum Gasteiger partial charge on any atom is 0.431 e. The first-order valence-electron chi connectivity index (χ1n) is 5.24. The van der Waals surface area contributed by atoms with Gasteiger partial charge < -0.3 is 15.2 Å². The van der Waals surface area contributed by atoms with Crippen LogP contribution in [0.25, 0.3) is 0 Å². The summed E-state index contributed by atoms with van der Waals surface area (Å²) in [6.45, 7) is 2.68. The van der Waals surface area contributed by atoms with Gasteiger partial charge in [0.2, 0.25) is 0 Å². The predicted octanol–water partition coefficient (Wildman–Crippen LogP) is 0.803. The van der Waals surface area contributed by atoms with Gasteiger partial charge in [0.1, 0.15) is 11.4 Å². The number of aromatic amines is 1. The molecular weight excluding hydrogens is 235 g/mol. The van der Waals surface area contributed by atoms with E-state index >= 15 is 0 Å². The van der Waals surface area contributed by atoms with E-state index in [-0.39, 0.29) is 0 Å². The number of nitrogens with zero attached hydrogens (tertiary/aromatic N) is 1. The number of halogens is 3. The Bertz CT molecular complexity index is 449. The Kier molecular flexibility index (Phi) is 3.10. The number of aromatic nitrogens is 1. The van der Waals surface area contributed by atoms with Crippen molar-refractivity contribution in [3.05, 3.63) is 28.2 Å². The summed E-state index contributed by atoms with van der Waals surface area (Å²) in [7, 11) is 0. The number of nitrogens with one attached hydrogen (secondary N) is 2. The average Bonchev–Trinajstić information content (AvgIpc) is 2.29. The maximum absolute atomic E-state index is 12.3. The third kappa shape index (κ3) is 2.60. The summed E-state index contributed by atoms with van der Waals surface area (Å²) in [5.74, 6) is 0. The molecule has 1 aliphatic heterocycles. The van der Waals surface area contributed by atoms with Crippen LogP contribution in [-0.4, -0.2) is 31.2 Å². The van der Waals surface area contributed by atoms with Crippen LogP contribution in [0, 0.1) is 0 Å². The van der Waals surface area contributed by atoms with Crippen LogP contribution in [0.4, 0.5) is 18.9 Å². The standard InChI is InChI=1S/C10H12F3N3O/c11-10(12,13)8-2-1-7(9(17)15-8)16-5-3-14-4-6-16/h1-2,14H,3-6H2,(H,15,17). The number of anilines is 1. The number of hydrogen-bond donors (Lipinski definition) is 2. The van der Waals surface area contributed by atoms with E-state index < -0.39 is 17.4 Å². The highest BCUT2D eigenvalue weighted by Gasteiger charge is 2.32. The van der Waals surface area contributed by atoms with Gasteiger partial charge in [-0.3, -0.25) is 4.79 Å². The molecule has 0 bridgehead atoms. The molecule has 0 aliphatic carbocycles. The fourth-order valence-corrected chi connectivity index (χ4v) is 1.79. The Morgan fingerprint density at radius 1 is 1.18 bits per heavy atom. The van der Waals surface area contributed by atoms with Gasteiger partial charge in [-0.05, 0) is 12.1 Å². The second-order valence-electron chi connectivity index (χ2n) is 3.82. The van der Waals surface area contributed by atoms with E-state index in [1.54, 1.807) is 4.90 Å². The van der Waals surface area contributed by atoms with E-state index in [1.807, 2.05) is 4.98 Å². The summed E-state index contributed by atoms with van der Waals surface area (Å²) < 4.78 is 37.0. The van der Waals surface area contributed by atoms with Crippen LogP contribution in [0.1, 0.15) is 5.69 Å². The number of pyridine rings is 1. The minimum absolute atomic E-state index is 0.291.